The maximum absolute atomic E-state index is 9.29. The number of hydrogen-bond donors (Lipinski definition) is 0. The molecule has 0 heterocycles. The lowest BCUT2D eigenvalue weighted by Gasteiger charge is -2.42. The minimum absolute atomic E-state index is 0.450. The molecule has 15 heavy (non-hydrogen) atoms. The zero-order valence-electron chi connectivity index (χ0n) is 8.43. The summed E-state index contributed by atoms with van der Waals surface area (Å²) in [5, 5.41) is 10.5. The highest BCUT2D eigenvalue weighted by molar-refractivity contribution is 6.36. The molecule has 0 amide bonds. The highest BCUT2D eigenvalue weighted by Crippen LogP contribution is 2.51. The van der Waals surface area contributed by atoms with Gasteiger partial charge in [-0.25, -0.2) is 0 Å². The third kappa shape index (κ3) is 1.62. The van der Waals surface area contributed by atoms with Crippen molar-refractivity contribution in [2.45, 2.75) is 25.2 Å². The summed E-state index contributed by atoms with van der Waals surface area (Å²) < 4.78 is 0. The molecule has 78 valence electrons. The Labute approximate surface area is 99.6 Å². The summed E-state index contributed by atoms with van der Waals surface area (Å²) in [5.41, 5.74) is 0.364. The molecule has 0 N–H and O–H groups in total. The summed E-state index contributed by atoms with van der Waals surface area (Å²) in [6, 6.07) is 7.77. The van der Waals surface area contributed by atoms with E-state index >= 15 is 0 Å². The second kappa shape index (κ2) is 3.70. The number of halogens is 2. The first-order valence-electron chi connectivity index (χ1n) is 4.95. The largest absolute Gasteiger partial charge is 0.197 e. The second-order valence-electron chi connectivity index (χ2n) is 4.30. The van der Waals surface area contributed by atoms with Crippen LogP contribution in [0.25, 0.3) is 0 Å². The standard InChI is InChI=1S/C12H11Cl2N/c1-8-5-12(6-8,7-15)11-9(13)3-2-4-10(11)14/h2-4,8H,5-6H2,1H3. The molecule has 0 radical (unpaired) electrons. The molecule has 0 saturated heterocycles. The van der Waals surface area contributed by atoms with Gasteiger partial charge in [-0.2, -0.15) is 5.26 Å². The highest BCUT2D eigenvalue weighted by atomic mass is 35.5. The van der Waals surface area contributed by atoms with E-state index in [0.717, 1.165) is 18.4 Å². The highest BCUT2D eigenvalue weighted by Gasteiger charge is 2.46. The number of rotatable bonds is 1. The molecule has 0 spiro atoms. The summed E-state index contributed by atoms with van der Waals surface area (Å²) >= 11 is 12.2. The first kappa shape index (κ1) is 10.8. The normalized spacial score (nSPS) is 29.3. The quantitative estimate of drug-likeness (QED) is 0.722. The Morgan fingerprint density at radius 2 is 1.87 bits per heavy atom. The van der Waals surface area contributed by atoms with Gasteiger partial charge in [0.15, 0.2) is 0 Å². The van der Waals surface area contributed by atoms with Gasteiger partial charge in [-0.3, -0.25) is 0 Å². The van der Waals surface area contributed by atoms with Gasteiger partial charge in [0.2, 0.25) is 0 Å². The Bertz CT molecular complexity index is 407. The van der Waals surface area contributed by atoms with Gasteiger partial charge in [0.25, 0.3) is 0 Å². The Kier molecular flexibility index (Phi) is 2.66. The lowest BCUT2D eigenvalue weighted by atomic mass is 9.60. The number of hydrogen-bond acceptors (Lipinski definition) is 1. The third-order valence-electron chi connectivity index (χ3n) is 3.05. The molecule has 1 fully saturated rings. The minimum Gasteiger partial charge on any atom is -0.197 e. The van der Waals surface area contributed by atoms with E-state index in [-0.39, 0.29) is 0 Å². The summed E-state index contributed by atoms with van der Waals surface area (Å²) in [6.45, 7) is 2.14. The van der Waals surface area contributed by atoms with Crippen molar-refractivity contribution in [1.29, 1.82) is 5.26 Å². The smallest absolute Gasteiger partial charge is 0.0856 e. The molecular weight excluding hydrogens is 229 g/mol. The molecule has 1 aromatic rings. The van der Waals surface area contributed by atoms with E-state index in [2.05, 4.69) is 13.0 Å². The van der Waals surface area contributed by atoms with Crippen LogP contribution in [-0.4, -0.2) is 0 Å². The molecule has 0 unspecified atom stereocenters. The zero-order chi connectivity index (χ0) is 11.1. The van der Waals surface area contributed by atoms with Gasteiger partial charge in [-0.1, -0.05) is 36.2 Å². The maximum Gasteiger partial charge on any atom is 0.0856 e. The van der Waals surface area contributed by atoms with Crippen molar-refractivity contribution < 1.29 is 0 Å². The van der Waals surface area contributed by atoms with Crippen LogP contribution in [0.1, 0.15) is 25.3 Å². The van der Waals surface area contributed by atoms with Gasteiger partial charge in [-0.05, 0) is 30.9 Å². The van der Waals surface area contributed by atoms with Crippen LogP contribution in [0.3, 0.4) is 0 Å². The first-order chi connectivity index (χ1) is 7.09. The lowest BCUT2D eigenvalue weighted by Crippen LogP contribution is -2.39. The summed E-state index contributed by atoms with van der Waals surface area (Å²) in [6.07, 6.45) is 1.71. The fraction of sp³-hybridized carbons (Fsp3) is 0.417. The van der Waals surface area contributed by atoms with Crippen molar-refractivity contribution in [2.75, 3.05) is 0 Å². The molecular formula is C12H11Cl2N. The van der Waals surface area contributed by atoms with Gasteiger partial charge < -0.3 is 0 Å². The predicted molar refractivity (Wildman–Crippen MR) is 62.2 cm³/mol. The first-order valence-corrected chi connectivity index (χ1v) is 5.70. The van der Waals surface area contributed by atoms with E-state index in [0.29, 0.717) is 16.0 Å². The van der Waals surface area contributed by atoms with Crippen LogP contribution in [-0.2, 0) is 5.41 Å². The Balaban J connectivity index is 2.50. The summed E-state index contributed by atoms with van der Waals surface area (Å²) in [7, 11) is 0. The van der Waals surface area contributed by atoms with Crippen molar-refractivity contribution in [3.63, 3.8) is 0 Å². The average molecular weight is 240 g/mol. The SMILES string of the molecule is CC1CC(C#N)(c2c(Cl)cccc2Cl)C1. The van der Waals surface area contributed by atoms with Gasteiger partial charge in [-0.15, -0.1) is 0 Å². The molecule has 3 heteroatoms. The lowest BCUT2D eigenvalue weighted by molar-refractivity contribution is 0.217. The van der Waals surface area contributed by atoms with Crippen LogP contribution >= 0.6 is 23.2 Å². The predicted octanol–water partition coefficient (Wildman–Crippen LogP) is 4.18. The Hall–Kier alpha value is -0.710. The molecule has 0 bridgehead atoms. The van der Waals surface area contributed by atoms with Crippen LogP contribution in [0.2, 0.25) is 10.0 Å². The van der Waals surface area contributed by atoms with Gasteiger partial charge >= 0.3 is 0 Å². The van der Waals surface area contributed by atoms with Crippen molar-refractivity contribution in [2.24, 2.45) is 5.92 Å². The minimum atomic E-state index is -0.450. The number of nitrogens with zero attached hydrogens (tertiary/aromatic N) is 1. The van der Waals surface area contributed by atoms with E-state index in [4.69, 9.17) is 23.2 Å². The molecule has 1 nitrogen and oxygen atoms in total. The number of benzene rings is 1. The fourth-order valence-corrected chi connectivity index (χ4v) is 3.20. The van der Waals surface area contributed by atoms with E-state index in [1.807, 2.05) is 0 Å². The fourth-order valence-electron chi connectivity index (χ4n) is 2.44. The van der Waals surface area contributed by atoms with Gasteiger partial charge in [0.05, 0.1) is 11.5 Å². The third-order valence-corrected chi connectivity index (χ3v) is 3.68. The zero-order valence-corrected chi connectivity index (χ0v) is 9.94. The van der Waals surface area contributed by atoms with Gasteiger partial charge in [0, 0.05) is 15.6 Å². The van der Waals surface area contributed by atoms with Crippen LogP contribution in [0.5, 0.6) is 0 Å². The molecule has 1 saturated carbocycles. The van der Waals surface area contributed by atoms with Crippen LogP contribution in [0.4, 0.5) is 0 Å². The maximum atomic E-state index is 9.29. The molecule has 0 atom stereocenters. The molecule has 1 aliphatic carbocycles. The van der Waals surface area contributed by atoms with E-state index in [1.54, 1.807) is 18.2 Å². The summed E-state index contributed by atoms with van der Waals surface area (Å²) in [4.78, 5) is 0. The molecule has 1 aliphatic rings. The molecule has 0 aliphatic heterocycles. The van der Waals surface area contributed by atoms with Crippen molar-refractivity contribution in [3.05, 3.63) is 33.8 Å². The van der Waals surface area contributed by atoms with E-state index < -0.39 is 5.41 Å². The van der Waals surface area contributed by atoms with E-state index in [1.165, 1.54) is 0 Å². The van der Waals surface area contributed by atoms with Crippen molar-refractivity contribution in [3.8, 4) is 6.07 Å². The summed E-state index contributed by atoms with van der Waals surface area (Å²) in [5.74, 6) is 0.581. The average Bonchev–Trinajstić information content (AvgIpc) is 2.14. The van der Waals surface area contributed by atoms with Crippen LogP contribution in [0.15, 0.2) is 18.2 Å². The molecule has 2 rings (SSSR count). The van der Waals surface area contributed by atoms with Crippen molar-refractivity contribution in [1.82, 2.24) is 0 Å². The van der Waals surface area contributed by atoms with Crippen molar-refractivity contribution >= 4 is 23.2 Å². The second-order valence-corrected chi connectivity index (χ2v) is 5.12. The topological polar surface area (TPSA) is 23.8 Å². The van der Waals surface area contributed by atoms with Crippen LogP contribution < -0.4 is 0 Å². The van der Waals surface area contributed by atoms with E-state index in [9.17, 15) is 5.26 Å². The molecule has 1 aromatic carbocycles. The Morgan fingerprint density at radius 1 is 1.33 bits per heavy atom. The van der Waals surface area contributed by atoms with Crippen LogP contribution in [0, 0.1) is 17.2 Å². The van der Waals surface area contributed by atoms with Gasteiger partial charge in [0.1, 0.15) is 0 Å². The number of nitriles is 1. The Morgan fingerprint density at radius 3 is 2.27 bits per heavy atom. The molecule has 0 aromatic heterocycles. The monoisotopic (exact) mass is 239 g/mol.